The molecular formula is C22H27ClF3N3O6S. The van der Waals surface area contributed by atoms with Crippen LogP contribution in [0, 0.1) is 0 Å². The van der Waals surface area contributed by atoms with E-state index in [1.807, 2.05) is 0 Å². The van der Waals surface area contributed by atoms with Gasteiger partial charge in [0.1, 0.15) is 23.1 Å². The van der Waals surface area contributed by atoms with Crippen LogP contribution in [0.2, 0.25) is 5.02 Å². The summed E-state index contributed by atoms with van der Waals surface area (Å²) in [4.78, 5) is 5.76. The molecule has 0 spiro atoms. The molecule has 2 heterocycles. The number of pyridine rings is 1. The Morgan fingerprint density at radius 1 is 1.19 bits per heavy atom. The van der Waals surface area contributed by atoms with Crippen LogP contribution in [-0.2, 0) is 31.4 Å². The van der Waals surface area contributed by atoms with E-state index >= 15 is 0 Å². The first kappa shape index (κ1) is 28.4. The molecule has 0 saturated carbocycles. The number of rotatable bonds is 12. The number of benzene rings is 1. The molecule has 1 aromatic carbocycles. The van der Waals surface area contributed by atoms with E-state index in [1.165, 1.54) is 19.2 Å². The average molecular weight is 554 g/mol. The Labute approximate surface area is 212 Å². The van der Waals surface area contributed by atoms with Crippen LogP contribution in [0.3, 0.4) is 0 Å². The van der Waals surface area contributed by atoms with Crippen molar-refractivity contribution < 1.29 is 40.5 Å². The molecule has 3 rings (SSSR count). The number of alkyl halides is 3. The molecule has 14 heteroatoms. The highest BCUT2D eigenvalue weighted by Crippen LogP contribution is 2.36. The van der Waals surface area contributed by atoms with Crippen LogP contribution >= 0.6 is 11.6 Å². The van der Waals surface area contributed by atoms with Crippen molar-refractivity contribution in [2.45, 2.75) is 11.9 Å². The number of hydrogen-bond donors (Lipinski definition) is 1. The Hall–Kier alpha value is -2.16. The first-order valence-corrected chi connectivity index (χ1v) is 13.0. The third kappa shape index (κ3) is 8.75. The highest BCUT2D eigenvalue weighted by atomic mass is 35.5. The minimum absolute atomic E-state index is 0.0256. The Bertz CT molecular complexity index is 1110. The van der Waals surface area contributed by atoms with Crippen LogP contribution in [-0.4, -0.2) is 78.0 Å². The SMILES string of the molecule is COCCOc1ccc(CS(=O)(=O)NCCN2CCOCC2)c(Oc2ncc(C(F)(F)F)cc2Cl)c1. The summed E-state index contributed by atoms with van der Waals surface area (Å²) in [6, 6.07) is 5.16. The van der Waals surface area contributed by atoms with Gasteiger partial charge >= 0.3 is 6.18 Å². The largest absolute Gasteiger partial charge is 0.491 e. The maximum absolute atomic E-state index is 12.9. The smallest absolute Gasteiger partial charge is 0.417 e. The van der Waals surface area contributed by atoms with Crippen molar-refractivity contribution in [3.8, 4) is 17.4 Å². The topological polar surface area (TPSA) is 99.2 Å². The summed E-state index contributed by atoms with van der Waals surface area (Å²) in [7, 11) is -2.26. The Balaban J connectivity index is 1.76. The number of hydrogen-bond acceptors (Lipinski definition) is 8. The molecule has 1 saturated heterocycles. The zero-order chi connectivity index (χ0) is 26.2. The van der Waals surface area contributed by atoms with Crippen molar-refractivity contribution in [2.75, 3.05) is 59.7 Å². The zero-order valence-electron chi connectivity index (χ0n) is 19.5. The van der Waals surface area contributed by atoms with Gasteiger partial charge in [-0.15, -0.1) is 0 Å². The summed E-state index contributed by atoms with van der Waals surface area (Å²) in [5, 5.41) is -0.382. The van der Waals surface area contributed by atoms with Gasteiger partial charge < -0.3 is 18.9 Å². The van der Waals surface area contributed by atoms with E-state index in [0.717, 1.165) is 13.1 Å². The van der Waals surface area contributed by atoms with Gasteiger partial charge in [0.25, 0.3) is 0 Å². The standard InChI is InChI=1S/C22H27ClF3N3O6S/c1-32-10-11-34-18-3-2-16(15-36(30,31)28-4-5-29-6-8-33-9-7-29)20(13-18)35-21-19(23)12-17(14-27-21)22(24,25)26/h2-3,12-14,28H,4-11,15H2,1H3. The lowest BCUT2D eigenvalue weighted by Crippen LogP contribution is -2.41. The van der Waals surface area contributed by atoms with Crippen LogP contribution in [0.25, 0.3) is 0 Å². The van der Waals surface area contributed by atoms with Crippen molar-refractivity contribution in [1.82, 2.24) is 14.6 Å². The summed E-state index contributed by atoms with van der Waals surface area (Å²) in [6.07, 6.45) is -4.04. The number of nitrogens with zero attached hydrogens (tertiary/aromatic N) is 2. The fourth-order valence-corrected chi connectivity index (χ4v) is 4.64. The lowest BCUT2D eigenvalue weighted by molar-refractivity contribution is -0.137. The molecular weight excluding hydrogens is 527 g/mol. The fraction of sp³-hybridized carbons (Fsp3) is 0.500. The van der Waals surface area contributed by atoms with Crippen molar-refractivity contribution in [3.05, 3.63) is 46.6 Å². The lowest BCUT2D eigenvalue weighted by atomic mass is 10.2. The van der Waals surface area contributed by atoms with Gasteiger partial charge in [0.15, 0.2) is 0 Å². The van der Waals surface area contributed by atoms with E-state index in [0.29, 0.717) is 44.4 Å². The summed E-state index contributed by atoms with van der Waals surface area (Å²) >= 11 is 5.98. The average Bonchev–Trinajstić information content (AvgIpc) is 2.82. The molecule has 2 aromatic rings. The van der Waals surface area contributed by atoms with E-state index < -0.39 is 27.5 Å². The van der Waals surface area contributed by atoms with Crippen LogP contribution in [0.1, 0.15) is 11.1 Å². The van der Waals surface area contributed by atoms with Crippen molar-refractivity contribution in [1.29, 1.82) is 0 Å². The van der Waals surface area contributed by atoms with E-state index in [-0.39, 0.29) is 35.4 Å². The molecule has 0 bridgehead atoms. The Morgan fingerprint density at radius 2 is 1.94 bits per heavy atom. The van der Waals surface area contributed by atoms with Gasteiger partial charge in [0, 0.05) is 51.1 Å². The minimum Gasteiger partial charge on any atom is -0.491 e. The third-order valence-corrected chi connectivity index (χ3v) is 6.74. The number of morpholine rings is 1. The number of sulfonamides is 1. The van der Waals surface area contributed by atoms with Gasteiger partial charge in [0.2, 0.25) is 15.9 Å². The molecule has 1 fully saturated rings. The third-order valence-electron chi connectivity index (χ3n) is 5.14. The number of aromatic nitrogens is 1. The zero-order valence-corrected chi connectivity index (χ0v) is 21.1. The molecule has 1 aliphatic heterocycles. The summed E-state index contributed by atoms with van der Waals surface area (Å²) in [5.74, 6) is -0.385. The number of nitrogens with one attached hydrogen (secondary N) is 1. The second kappa shape index (κ2) is 12.9. The molecule has 0 amide bonds. The molecule has 1 N–H and O–H groups in total. The number of halogens is 4. The van der Waals surface area contributed by atoms with Crippen molar-refractivity contribution in [2.24, 2.45) is 0 Å². The molecule has 1 aliphatic rings. The van der Waals surface area contributed by atoms with Crippen LogP contribution in [0.15, 0.2) is 30.5 Å². The monoisotopic (exact) mass is 553 g/mol. The molecule has 36 heavy (non-hydrogen) atoms. The lowest BCUT2D eigenvalue weighted by Gasteiger charge is -2.26. The summed E-state index contributed by atoms with van der Waals surface area (Å²) < 4.78 is 88.3. The van der Waals surface area contributed by atoms with E-state index in [9.17, 15) is 21.6 Å². The van der Waals surface area contributed by atoms with E-state index in [2.05, 4.69) is 14.6 Å². The molecule has 1 aromatic heterocycles. The number of ether oxygens (including phenoxy) is 4. The maximum atomic E-state index is 12.9. The van der Waals surface area contributed by atoms with E-state index in [1.54, 1.807) is 6.07 Å². The first-order chi connectivity index (χ1) is 17.1. The van der Waals surface area contributed by atoms with Gasteiger partial charge in [-0.25, -0.2) is 18.1 Å². The predicted molar refractivity (Wildman–Crippen MR) is 126 cm³/mol. The molecule has 0 aliphatic carbocycles. The van der Waals surface area contributed by atoms with Gasteiger partial charge in [-0.2, -0.15) is 13.2 Å². The van der Waals surface area contributed by atoms with Gasteiger partial charge in [-0.3, -0.25) is 4.90 Å². The molecule has 9 nitrogen and oxygen atoms in total. The van der Waals surface area contributed by atoms with Crippen molar-refractivity contribution in [3.63, 3.8) is 0 Å². The van der Waals surface area contributed by atoms with Crippen molar-refractivity contribution >= 4 is 21.6 Å². The Kier molecular flexibility index (Phi) is 10.2. The predicted octanol–water partition coefficient (Wildman–Crippen LogP) is 3.32. The first-order valence-electron chi connectivity index (χ1n) is 11.0. The van der Waals surface area contributed by atoms with E-state index in [4.69, 9.17) is 30.5 Å². The Morgan fingerprint density at radius 3 is 2.61 bits per heavy atom. The number of methoxy groups -OCH3 is 1. The maximum Gasteiger partial charge on any atom is 0.417 e. The normalized spacial score (nSPS) is 15.1. The second-order valence-electron chi connectivity index (χ2n) is 7.83. The highest BCUT2D eigenvalue weighted by Gasteiger charge is 2.32. The minimum atomic E-state index is -4.63. The van der Waals surface area contributed by atoms with Crippen LogP contribution in [0.5, 0.6) is 17.4 Å². The van der Waals surface area contributed by atoms with Gasteiger partial charge in [-0.1, -0.05) is 17.7 Å². The second-order valence-corrected chi connectivity index (χ2v) is 10.0. The van der Waals surface area contributed by atoms with Crippen LogP contribution in [0.4, 0.5) is 13.2 Å². The highest BCUT2D eigenvalue weighted by molar-refractivity contribution is 7.88. The van der Waals surface area contributed by atoms with Crippen LogP contribution < -0.4 is 14.2 Å². The molecule has 200 valence electrons. The summed E-state index contributed by atoms with van der Waals surface area (Å²) in [5.41, 5.74) is -0.797. The molecule has 0 radical (unpaired) electrons. The quantitative estimate of drug-likeness (QED) is 0.400. The summed E-state index contributed by atoms with van der Waals surface area (Å²) in [6.45, 7) is 3.93. The van der Waals surface area contributed by atoms with Gasteiger partial charge in [0.05, 0.1) is 31.1 Å². The fourth-order valence-electron chi connectivity index (χ4n) is 3.28. The van der Waals surface area contributed by atoms with Gasteiger partial charge in [-0.05, 0) is 12.1 Å². The molecule has 0 unspecified atom stereocenters. The molecule has 0 atom stereocenters.